The van der Waals surface area contributed by atoms with Crippen LogP contribution in [0.2, 0.25) is 0 Å². The molecule has 2 N–H and O–H groups in total. The Labute approximate surface area is 146 Å². The minimum Gasteiger partial charge on any atom is -0.507 e. The van der Waals surface area contributed by atoms with Gasteiger partial charge in [-0.15, -0.1) is 0 Å². The first-order valence-corrected chi connectivity index (χ1v) is 7.90. The molecule has 0 bridgehead atoms. The first-order chi connectivity index (χ1) is 12.8. The molecule has 0 saturated carbocycles. The maximum Gasteiger partial charge on any atom is 0.276 e. The van der Waals surface area contributed by atoms with Crippen molar-refractivity contribution in [1.29, 1.82) is 0 Å². The Hall–Kier alpha value is -3.94. The predicted octanol–water partition coefficient (Wildman–Crippen LogP) is 3.15. The number of hydrogen-bond donors (Lipinski definition) is 2. The van der Waals surface area contributed by atoms with Crippen LogP contribution in [0.3, 0.4) is 0 Å². The highest BCUT2D eigenvalue weighted by atomic mass is 16.5. The van der Waals surface area contributed by atoms with E-state index in [-0.39, 0.29) is 5.75 Å². The number of aromatic hydroxyl groups is 1. The Bertz CT molecular complexity index is 1190. The molecule has 4 aromatic heterocycles. The lowest BCUT2D eigenvalue weighted by Crippen LogP contribution is -1.81. The van der Waals surface area contributed by atoms with Crippen LogP contribution in [0, 0.1) is 0 Å². The Morgan fingerprint density at radius 3 is 2.77 bits per heavy atom. The van der Waals surface area contributed by atoms with Crippen LogP contribution in [0.25, 0.3) is 40.0 Å². The minimum absolute atomic E-state index is 0.154. The third-order valence-corrected chi connectivity index (χ3v) is 4.01. The molecule has 0 spiro atoms. The van der Waals surface area contributed by atoms with Gasteiger partial charge in [0.1, 0.15) is 22.8 Å². The molecule has 26 heavy (non-hydrogen) atoms. The van der Waals surface area contributed by atoms with Crippen LogP contribution in [0.4, 0.5) is 0 Å². The number of fused-ring (bicyclic) bond motifs is 1. The Kier molecular flexibility index (Phi) is 3.08. The molecule has 5 rings (SSSR count). The molecule has 5 aromatic rings. The van der Waals surface area contributed by atoms with Crippen molar-refractivity contribution in [3.05, 3.63) is 60.9 Å². The number of nitrogens with one attached hydrogen (secondary N) is 1. The van der Waals surface area contributed by atoms with Crippen molar-refractivity contribution in [2.24, 2.45) is 0 Å². The molecule has 0 aliphatic rings. The van der Waals surface area contributed by atoms with Crippen LogP contribution in [0.15, 0.2) is 65.4 Å². The Balaban J connectivity index is 1.50. The number of aromatic amines is 1. The topological polar surface area (TPSA) is 105 Å². The minimum atomic E-state index is 0.154. The quantitative estimate of drug-likeness (QED) is 0.521. The number of benzene rings is 1. The van der Waals surface area contributed by atoms with Gasteiger partial charge in [-0.2, -0.15) is 10.1 Å². The lowest BCUT2D eigenvalue weighted by molar-refractivity contribution is 0.430. The maximum absolute atomic E-state index is 9.95. The predicted molar refractivity (Wildman–Crippen MR) is 93.2 cm³/mol. The smallest absolute Gasteiger partial charge is 0.276 e. The summed E-state index contributed by atoms with van der Waals surface area (Å²) in [6.45, 7) is 0. The summed E-state index contributed by atoms with van der Waals surface area (Å²) in [6, 6.07) is 14.5. The molecule has 0 unspecified atom stereocenters. The van der Waals surface area contributed by atoms with Gasteiger partial charge in [0.25, 0.3) is 5.89 Å². The number of nitrogens with zero attached hydrogens (tertiary/aromatic N) is 5. The summed E-state index contributed by atoms with van der Waals surface area (Å²) in [7, 11) is 0. The van der Waals surface area contributed by atoms with E-state index in [1.54, 1.807) is 24.3 Å². The molecule has 1 aromatic carbocycles. The Morgan fingerprint density at radius 2 is 1.88 bits per heavy atom. The van der Waals surface area contributed by atoms with E-state index in [4.69, 9.17) is 4.52 Å². The van der Waals surface area contributed by atoms with E-state index in [1.165, 1.54) is 0 Å². The van der Waals surface area contributed by atoms with Crippen LogP contribution in [0.1, 0.15) is 0 Å². The van der Waals surface area contributed by atoms with Crippen molar-refractivity contribution in [3.8, 4) is 40.1 Å². The van der Waals surface area contributed by atoms with E-state index < -0.39 is 0 Å². The highest BCUT2D eigenvalue weighted by Crippen LogP contribution is 2.30. The lowest BCUT2D eigenvalue weighted by Gasteiger charge is -1.98. The molecule has 8 nitrogen and oxygen atoms in total. The highest BCUT2D eigenvalue weighted by Gasteiger charge is 2.16. The summed E-state index contributed by atoms with van der Waals surface area (Å²) < 4.78 is 7.22. The molecular weight excluding hydrogens is 332 g/mol. The van der Waals surface area contributed by atoms with E-state index in [0.29, 0.717) is 34.4 Å². The fraction of sp³-hybridized carbons (Fsp3) is 0. The van der Waals surface area contributed by atoms with Crippen molar-refractivity contribution < 1.29 is 9.63 Å². The summed E-state index contributed by atoms with van der Waals surface area (Å²) >= 11 is 0. The largest absolute Gasteiger partial charge is 0.507 e. The van der Waals surface area contributed by atoms with E-state index in [0.717, 1.165) is 5.65 Å². The summed E-state index contributed by atoms with van der Waals surface area (Å²) in [5.41, 5.74) is 3.19. The monoisotopic (exact) mass is 344 g/mol. The second-order valence-electron chi connectivity index (χ2n) is 5.70. The lowest BCUT2D eigenvalue weighted by atomic mass is 10.1. The summed E-state index contributed by atoms with van der Waals surface area (Å²) in [5.74, 6) is 0.843. The van der Waals surface area contributed by atoms with Gasteiger partial charge in [0.15, 0.2) is 0 Å². The zero-order valence-corrected chi connectivity index (χ0v) is 13.4. The summed E-state index contributed by atoms with van der Waals surface area (Å²) in [4.78, 5) is 8.86. The van der Waals surface area contributed by atoms with Crippen molar-refractivity contribution in [2.45, 2.75) is 0 Å². The highest BCUT2D eigenvalue weighted by molar-refractivity contribution is 5.70. The number of hydrogen-bond acceptors (Lipinski definition) is 6. The van der Waals surface area contributed by atoms with Crippen LogP contribution >= 0.6 is 0 Å². The molecule has 8 heteroatoms. The van der Waals surface area contributed by atoms with Crippen molar-refractivity contribution in [2.75, 3.05) is 0 Å². The number of rotatable bonds is 3. The number of phenols is 1. The molecule has 0 radical (unpaired) electrons. The van der Waals surface area contributed by atoms with E-state index in [1.807, 2.05) is 41.1 Å². The number of pyridine rings is 1. The number of imidazole rings is 1. The van der Waals surface area contributed by atoms with Crippen LogP contribution < -0.4 is 0 Å². The second kappa shape index (κ2) is 5.55. The normalized spacial score (nSPS) is 11.2. The first-order valence-electron chi connectivity index (χ1n) is 7.90. The third-order valence-electron chi connectivity index (χ3n) is 4.01. The molecule has 0 aliphatic heterocycles. The molecule has 4 heterocycles. The average molecular weight is 344 g/mol. The van der Waals surface area contributed by atoms with Crippen molar-refractivity contribution in [1.82, 2.24) is 29.7 Å². The van der Waals surface area contributed by atoms with Gasteiger partial charge in [0, 0.05) is 18.0 Å². The fourth-order valence-electron chi connectivity index (χ4n) is 2.74. The number of phenolic OH excluding ortho intramolecular Hbond substituents is 1. The molecule has 126 valence electrons. The van der Waals surface area contributed by atoms with Gasteiger partial charge in [-0.3, -0.25) is 5.10 Å². The number of H-pyrrole nitrogens is 1. The third kappa shape index (κ3) is 2.32. The first kappa shape index (κ1) is 14.4. The van der Waals surface area contributed by atoms with Gasteiger partial charge in [-0.1, -0.05) is 23.4 Å². The summed E-state index contributed by atoms with van der Waals surface area (Å²) in [5, 5.41) is 21.0. The van der Waals surface area contributed by atoms with Crippen molar-refractivity contribution in [3.63, 3.8) is 0 Å². The van der Waals surface area contributed by atoms with Crippen LogP contribution in [0.5, 0.6) is 5.75 Å². The van der Waals surface area contributed by atoms with E-state index in [9.17, 15) is 5.11 Å². The van der Waals surface area contributed by atoms with Gasteiger partial charge in [-0.25, -0.2) is 4.98 Å². The fourth-order valence-corrected chi connectivity index (χ4v) is 2.74. The van der Waals surface area contributed by atoms with E-state index in [2.05, 4.69) is 25.3 Å². The van der Waals surface area contributed by atoms with Crippen LogP contribution in [-0.4, -0.2) is 34.8 Å². The molecule has 0 aliphatic carbocycles. The van der Waals surface area contributed by atoms with Gasteiger partial charge < -0.3 is 14.0 Å². The zero-order chi connectivity index (χ0) is 17.5. The zero-order valence-electron chi connectivity index (χ0n) is 13.4. The molecular formula is C18H12N6O2. The maximum atomic E-state index is 9.95. The molecule has 0 fully saturated rings. The van der Waals surface area contributed by atoms with Gasteiger partial charge in [0.05, 0.1) is 5.69 Å². The van der Waals surface area contributed by atoms with Crippen LogP contribution in [-0.2, 0) is 0 Å². The SMILES string of the molecule is Oc1ccccc1-c1cc(-c2nc(-c3cn4ccccc4n3)no2)[nH]n1. The standard InChI is InChI=1S/C18H12N6O2/c25-15-6-2-1-5-11(15)12-9-13(22-21-12)18-20-17(23-26-18)14-10-24-8-4-3-7-16(24)19-14/h1-10,25H,(H,21,22). The van der Waals surface area contributed by atoms with Gasteiger partial charge in [-0.05, 0) is 30.3 Å². The van der Waals surface area contributed by atoms with Gasteiger partial charge in [0.2, 0.25) is 5.82 Å². The average Bonchev–Trinajstić information content (AvgIpc) is 3.39. The number of aromatic nitrogens is 6. The molecule has 0 saturated heterocycles. The second-order valence-corrected chi connectivity index (χ2v) is 5.70. The summed E-state index contributed by atoms with van der Waals surface area (Å²) in [6.07, 6.45) is 3.74. The molecule has 0 atom stereocenters. The van der Waals surface area contributed by atoms with Crippen molar-refractivity contribution >= 4 is 5.65 Å². The molecule has 0 amide bonds. The number of para-hydroxylation sites is 1. The Morgan fingerprint density at radius 1 is 1.00 bits per heavy atom. The van der Waals surface area contributed by atoms with E-state index >= 15 is 0 Å². The van der Waals surface area contributed by atoms with Gasteiger partial charge >= 0.3 is 0 Å².